The number of fused-ring (bicyclic) bond motifs is 2. The molecule has 2 amide bonds. The van der Waals surface area contributed by atoms with Crippen LogP contribution in [-0.4, -0.2) is 11.8 Å². The average molecular weight is 388 g/mol. The Morgan fingerprint density at radius 2 is 1.64 bits per heavy atom. The molecular formula is C23H20N2O2S. The smallest absolute Gasteiger partial charge is 0.256 e. The molecule has 0 unspecified atom stereocenters. The lowest BCUT2D eigenvalue weighted by Crippen LogP contribution is -2.15. The number of benzene rings is 3. The molecule has 0 atom stereocenters. The summed E-state index contributed by atoms with van der Waals surface area (Å²) in [5.41, 5.74) is 5.84. The van der Waals surface area contributed by atoms with Gasteiger partial charge in [-0.2, -0.15) is 0 Å². The van der Waals surface area contributed by atoms with Crippen molar-refractivity contribution in [2.45, 2.75) is 30.6 Å². The highest BCUT2D eigenvalue weighted by molar-refractivity contribution is 7.99. The fourth-order valence-electron chi connectivity index (χ4n) is 3.47. The van der Waals surface area contributed by atoms with Gasteiger partial charge in [-0.15, -0.1) is 0 Å². The Hall–Kier alpha value is -3.05. The second-order valence-electron chi connectivity index (χ2n) is 6.99. The molecule has 4 nitrogen and oxygen atoms in total. The van der Waals surface area contributed by atoms with Gasteiger partial charge in [-0.3, -0.25) is 9.59 Å². The van der Waals surface area contributed by atoms with E-state index in [0.29, 0.717) is 16.8 Å². The van der Waals surface area contributed by atoms with Crippen molar-refractivity contribution in [2.24, 2.45) is 0 Å². The van der Waals surface area contributed by atoms with E-state index in [-0.39, 0.29) is 11.8 Å². The van der Waals surface area contributed by atoms with E-state index in [1.54, 1.807) is 18.2 Å². The predicted molar refractivity (Wildman–Crippen MR) is 114 cm³/mol. The molecule has 4 rings (SSSR count). The molecule has 0 saturated carbocycles. The van der Waals surface area contributed by atoms with Crippen molar-refractivity contribution < 1.29 is 9.59 Å². The molecule has 0 spiro atoms. The van der Waals surface area contributed by atoms with Crippen LogP contribution in [0, 0.1) is 20.8 Å². The Kier molecular flexibility index (Phi) is 4.69. The summed E-state index contributed by atoms with van der Waals surface area (Å²) in [7, 11) is 0. The standard InChI is InChI=1S/C23H20N2O2S/c1-13-10-14(2)21(15(3)11-13)25-22(26)16-8-9-20-18(12-16)24-23(27)17-6-4-5-7-19(17)28-20/h4-12H,1-3H3,(H,24,27)(H,25,26). The summed E-state index contributed by atoms with van der Waals surface area (Å²) in [6, 6.07) is 17.0. The Labute approximate surface area is 168 Å². The number of nitrogens with one attached hydrogen (secondary N) is 2. The van der Waals surface area contributed by atoms with Crippen LogP contribution >= 0.6 is 11.8 Å². The van der Waals surface area contributed by atoms with Gasteiger partial charge < -0.3 is 10.6 Å². The van der Waals surface area contributed by atoms with Crippen molar-refractivity contribution in [3.8, 4) is 0 Å². The van der Waals surface area contributed by atoms with Crippen molar-refractivity contribution in [3.05, 3.63) is 82.4 Å². The summed E-state index contributed by atoms with van der Waals surface area (Å²) in [5, 5.41) is 5.94. The molecule has 2 N–H and O–H groups in total. The summed E-state index contributed by atoms with van der Waals surface area (Å²) in [4.78, 5) is 27.2. The van der Waals surface area contributed by atoms with Crippen LogP contribution in [0.5, 0.6) is 0 Å². The molecule has 3 aromatic rings. The first-order valence-corrected chi connectivity index (χ1v) is 9.85. The summed E-state index contributed by atoms with van der Waals surface area (Å²) in [5.74, 6) is -0.358. The van der Waals surface area contributed by atoms with Crippen LogP contribution < -0.4 is 10.6 Å². The van der Waals surface area contributed by atoms with Crippen LogP contribution in [0.3, 0.4) is 0 Å². The lowest BCUT2D eigenvalue weighted by atomic mass is 10.0. The number of carbonyl (C=O) groups is 2. The molecule has 1 aliphatic heterocycles. The molecule has 28 heavy (non-hydrogen) atoms. The molecule has 5 heteroatoms. The quantitative estimate of drug-likeness (QED) is 0.602. The Bertz CT molecular complexity index is 1100. The lowest BCUT2D eigenvalue weighted by molar-refractivity contribution is 0.101. The van der Waals surface area contributed by atoms with Crippen molar-refractivity contribution in [1.29, 1.82) is 0 Å². The van der Waals surface area contributed by atoms with Crippen LogP contribution in [0.15, 0.2) is 64.4 Å². The minimum Gasteiger partial charge on any atom is -0.322 e. The maximum atomic E-state index is 12.8. The highest BCUT2D eigenvalue weighted by Gasteiger charge is 2.21. The average Bonchev–Trinajstić information content (AvgIpc) is 2.79. The SMILES string of the molecule is Cc1cc(C)c(NC(=O)c2ccc3c(c2)NC(=O)c2ccccc2S3)c(C)c1. The first-order valence-electron chi connectivity index (χ1n) is 9.04. The largest absolute Gasteiger partial charge is 0.322 e. The van der Waals surface area contributed by atoms with E-state index in [1.807, 2.05) is 57.2 Å². The van der Waals surface area contributed by atoms with Gasteiger partial charge >= 0.3 is 0 Å². The zero-order valence-electron chi connectivity index (χ0n) is 15.9. The summed E-state index contributed by atoms with van der Waals surface area (Å²) in [6.45, 7) is 6.01. The zero-order chi connectivity index (χ0) is 19.8. The van der Waals surface area contributed by atoms with E-state index in [2.05, 4.69) is 10.6 Å². The predicted octanol–water partition coefficient (Wildman–Crippen LogP) is 5.58. The summed E-state index contributed by atoms with van der Waals surface area (Å²) >= 11 is 1.52. The molecule has 3 aromatic carbocycles. The van der Waals surface area contributed by atoms with Gasteiger partial charge in [0.2, 0.25) is 0 Å². The molecule has 0 saturated heterocycles. The molecule has 1 heterocycles. The van der Waals surface area contributed by atoms with E-state index >= 15 is 0 Å². The van der Waals surface area contributed by atoms with Crippen molar-refractivity contribution in [1.82, 2.24) is 0 Å². The van der Waals surface area contributed by atoms with Crippen LogP contribution in [0.25, 0.3) is 0 Å². The fraction of sp³-hybridized carbons (Fsp3) is 0.130. The third-order valence-corrected chi connectivity index (χ3v) is 5.91. The van der Waals surface area contributed by atoms with Gasteiger partial charge in [0.25, 0.3) is 11.8 Å². The number of aryl methyl sites for hydroxylation is 3. The highest BCUT2D eigenvalue weighted by atomic mass is 32.2. The molecule has 0 bridgehead atoms. The van der Waals surface area contributed by atoms with E-state index in [4.69, 9.17) is 0 Å². The van der Waals surface area contributed by atoms with Crippen molar-refractivity contribution >= 4 is 35.0 Å². The third kappa shape index (κ3) is 3.41. The Morgan fingerprint density at radius 1 is 0.929 bits per heavy atom. The minimum absolute atomic E-state index is 0.162. The first-order chi connectivity index (χ1) is 13.4. The van der Waals surface area contributed by atoms with Crippen LogP contribution in [0.1, 0.15) is 37.4 Å². The Morgan fingerprint density at radius 3 is 2.39 bits per heavy atom. The maximum Gasteiger partial charge on any atom is 0.256 e. The van der Waals surface area contributed by atoms with Gasteiger partial charge in [0.05, 0.1) is 11.3 Å². The molecule has 0 aliphatic carbocycles. The second-order valence-corrected chi connectivity index (χ2v) is 8.07. The number of amides is 2. The summed E-state index contributed by atoms with van der Waals surface area (Å²) in [6.07, 6.45) is 0. The number of hydrogen-bond acceptors (Lipinski definition) is 3. The van der Waals surface area contributed by atoms with E-state index in [9.17, 15) is 9.59 Å². The van der Waals surface area contributed by atoms with E-state index < -0.39 is 0 Å². The van der Waals surface area contributed by atoms with Gasteiger partial charge in [-0.05, 0) is 62.2 Å². The van der Waals surface area contributed by atoms with E-state index in [1.165, 1.54) is 11.8 Å². The third-order valence-electron chi connectivity index (χ3n) is 4.76. The van der Waals surface area contributed by atoms with Gasteiger partial charge in [-0.25, -0.2) is 0 Å². The first kappa shape index (κ1) is 18.3. The van der Waals surface area contributed by atoms with Gasteiger partial charge in [0, 0.05) is 21.0 Å². The monoisotopic (exact) mass is 388 g/mol. The number of rotatable bonds is 2. The fourth-order valence-corrected chi connectivity index (χ4v) is 4.48. The molecule has 0 radical (unpaired) electrons. The molecule has 0 fully saturated rings. The number of carbonyl (C=O) groups excluding carboxylic acids is 2. The van der Waals surface area contributed by atoms with Crippen molar-refractivity contribution in [3.63, 3.8) is 0 Å². The maximum absolute atomic E-state index is 12.8. The molecule has 0 aromatic heterocycles. The number of anilines is 2. The van der Waals surface area contributed by atoms with Gasteiger partial charge in [0.15, 0.2) is 0 Å². The van der Waals surface area contributed by atoms with Crippen molar-refractivity contribution in [2.75, 3.05) is 10.6 Å². The molecule has 140 valence electrons. The summed E-state index contributed by atoms with van der Waals surface area (Å²) < 4.78 is 0. The normalized spacial score (nSPS) is 12.5. The van der Waals surface area contributed by atoms with Crippen LogP contribution in [-0.2, 0) is 0 Å². The number of hydrogen-bond donors (Lipinski definition) is 2. The Balaban J connectivity index is 1.64. The van der Waals surface area contributed by atoms with Crippen LogP contribution in [0.2, 0.25) is 0 Å². The van der Waals surface area contributed by atoms with Gasteiger partial charge in [0.1, 0.15) is 0 Å². The highest BCUT2D eigenvalue weighted by Crippen LogP contribution is 2.39. The molecular weight excluding hydrogens is 368 g/mol. The van der Waals surface area contributed by atoms with Crippen LogP contribution in [0.4, 0.5) is 11.4 Å². The van der Waals surface area contributed by atoms with E-state index in [0.717, 1.165) is 32.2 Å². The minimum atomic E-state index is -0.195. The zero-order valence-corrected chi connectivity index (χ0v) is 16.7. The van der Waals surface area contributed by atoms with Gasteiger partial charge in [-0.1, -0.05) is 41.6 Å². The second kappa shape index (κ2) is 7.17. The molecule has 1 aliphatic rings. The lowest BCUT2D eigenvalue weighted by Gasteiger charge is -2.14. The topological polar surface area (TPSA) is 58.2 Å².